The number of hydrogen-bond donors (Lipinski definition) is 1. The number of ether oxygens (including phenoxy) is 3. The number of rotatable bonds is 6. The first-order valence-corrected chi connectivity index (χ1v) is 13.7. The molecule has 178 valence electrons. The molecular weight excluding hydrogens is 464 g/mol. The van der Waals surface area contributed by atoms with Crippen LogP contribution in [0.4, 0.5) is 0 Å². The maximum absolute atomic E-state index is 13.2. The van der Waals surface area contributed by atoms with E-state index in [-0.39, 0.29) is 27.9 Å². The fourth-order valence-corrected chi connectivity index (χ4v) is 7.63. The Hall–Kier alpha value is -2.14. The van der Waals surface area contributed by atoms with Crippen LogP contribution in [-0.4, -0.2) is 58.3 Å². The molecule has 1 aromatic heterocycles. The van der Waals surface area contributed by atoms with Crippen LogP contribution in [-0.2, 0) is 20.2 Å². The second-order valence-electron chi connectivity index (χ2n) is 8.72. The van der Waals surface area contributed by atoms with Gasteiger partial charge in [-0.15, -0.1) is 11.3 Å². The normalized spacial score (nSPS) is 20.5. The Kier molecular flexibility index (Phi) is 6.34. The summed E-state index contributed by atoms with van der Waals surface area (Å²) in [7, 11) is -3.68. The van der Waals surface area contributed by atoms with Crippen molar-refractivity contribution < 1.29 is 27.4 Å². The summed E-state index contributed by atoms with van der Waals surface area (Å²) in [5.74, 6) is 1.07. The topological polar surface area (TPSA) is 94.2 Å². The SMILES string of the molecule is O=C(NCC1(c2ccc3c(c2)OCO3)CCOCC1)c1sccc1S(=O)(=O)N1CCCCC1. The molecule has 8 nitrogen and oxygen atoms in total. The number of fused-ring (bicyclic) bond motifs is 1. The first-order chi connectivity index (χ1) is 16.0. The molecule has 4 heterocycles. The number of nitrogens with one attached hydrogen (secondary N) is 1. The summed E-state index contributed by atoms with van der Waals surface area (Å²) in [6, 6.07) is 7.45. The molecule has 0 radical (unpaired) electrons. The van der Waals surface area contributed by atoms with E-state index in [2.05, 4.69) is 5.32 Å². The van der Waals surface area contributed by atoms with Crippen molar-refractivity contribution in [2.75, 3.05) is 39.6 Å². The van der Waals surface area contributed by atoms with Crippen molar-refractivity contribution in [3.8, 4) is 11.5 Å². The molecule has 0 atom stereocenters. The van der Waals surface area contributed by atoms with Gasteiger partial charge in [-0.25, -0.2) is 8.42 Å². The fraction of sp³-hybridized carbons (Fsp3) is 0.522. The second-order valence-corrected chi connectivity index (χ2v) is 11.5. The molecule has 2 aromatic rings. The van der Waals surface area contributed by atoms with E-state index in [9.17, 15) is 13.2 Å². The summed E-state index contributed by atoms with van der Waals surface area (Å²) in [6.45, 7) is 2.79. The van der Waals surface area contributed by atoms with E-state index >= 15 is 0 Å². The van der Waals surface area contributed by atoms with Crippen LogP contribution in [0.5, 0.6) is 11.5 Å². The minimum Gasteiger partial charge on any atom is -0.454 e. The van der Waals surface area contributed by atoms with Crippen LogP contribution in [0.15, 0.2) is 34.5 Å². The van der Waals surface area contributed by atoms with Gasteiger partial charge in [-0.3, -0.25) is 4.79 Å². The van der Waals surface area contributed by atoms with E-state index in [1.54, 1.807) is 11.4 Å². The van der Waals surface area contributed by atoms with Crippen LogP contribution in [0.1, 0.15) is 47.3 Å². The molecule has 3 aliphatic heterocycles. The number of carbonyl (C=O) groups is 1. The average Bonchev–Trinajstić information content (AvgIpc) is 3.53. The van der Waals surface area contributed by atoms with Crippen LogP contribution >= 0.6 is 11.3 Å². The van der Waals surface area contributed by atoms with Crippen molar-refractivity contribution in [2.24, 2.45) is 0 Å². The number of hydrogen-bond acceptors (Lipinski definition) is 7. The zero-order valence-corrected chi connectivity index (χ0v) is 20.0. The highest BCUT2D eigenvalue weighted by atomic mass is 32.2. The molecule has 10 heteroatoms. The maximum Gasteiger partial charge on any atom is 0.262 e. The monoisotopic (exact) mass is 492 g/mol. The van der Waals surface area contributed by atoms with Crippen molar-refractivity contribution >= 4 is 27.3 Å². The summed E-state index contributed by atoms with van der Waals surface area (Å²) in [5.41, 5.74) is 0.737. The molecule has 0 unspecified atom stereocenters. The van der Waals surface area contributed by atoms with Crippen LogP contribution in [0.3, 0.4) is 0 Å². The number of piperidine rings is 1. The van der Waals surface area contributed by atoms with E-state index in [1.807, 2.05) is 18.2 Å². The predicted octanol–water partition coefficient (Wildman–Crippen LogP) is 3.13. The molecule has 33 heavy (non-hydrogen) atoms. The average molecular weight is 493 g/mol. The lowest BCUT2D eigenvalue weighted by Crippen LogP contribution is -2.44. The van der Waals surface area contributed by atoms with Crippen molar-refractivity contribution in [1.82, 2.24) is 9.62 Å². The summed E-state index contributed by atoms with van der Waals surface area (Å²) >= 11 is 1.17. The fourth-order valence-electron chi connectivity index (χ4n) is 4.80. The van der Waals surface area contributed by atoms with Crippen molar-refractivity contribution in [2.45, 2.75) is 42.4 Å². The minimum atomic E-state index is -3.68. The number of nitrogens with zero attached hydrogens (tertiary/aromatic N) is 1. The largest absolute Gasteiger partial charge is 0.454 e. The molecule has 2 fully saturated rings. The highest BCUT2D eigenvalue weighted by Crippen LogP contribution is 2.40. The van der Waals surface area contributed by atoms with E-state index in [1.165, 1.54) is 15.6 Å². The van der Waals surface area contributed by atoms with E-state index in [0.29, 0.717) is 38.6 Å². The lowest BCUT2D eigenvalue weighted by Gasteiger charge is -2.38. The lowest BCUT2D eigenvalue weighted by molar-refractivity contribution is 0.0486. The van der Waals surface area contributed by atoms with Gasteiger partial charge < -0.3 is 19.5 Å². The van der Waals surface area contributed by atoms with E-state index in [0.717, 1.165) is 43.4 Å². The van der Waals surface area contributed by atoms with Gasteiger partial charge in [0.05, 0.1) is 0 Å². The number of thiophene rings is 1. The third-order valence-electron chi connectivity index (χ3n) is 6.79. The van der Waals surface area contributed by atoms with Gasteiger partial charge in [0, 0.05) is 38.3 Å². The molecule has 0 spiro atoms. The predicted molar refractivity (Wildman–Crippen MR) is 124 cm³/mol. The molecule has 5 rings (SSSR count). The third-order valence-corrected chi connectivity index (χ3v) is 9.77. The Morgan fingerprint density at radius 3 is 2.61 bits per heavy atom. The van der Waals surface area contributed by atoms with E-state index in [4.69, 9.17) is 14.2 Å². The molecule has 1 aromatic carbocycles. The van der Waals surface area contributed by atoms with Crippen molar-refractivity contribution in [3.63, 3.8) is 0 Å². The Bertz CT molecular complexity index is 1120. The first-order valence-electron chi connectivity index (χ1n) is 11.3. The van der Waals surface area contributed by atoms with Crippen LogP contribution in [0, 0.1) is 0 Å². The number of carbonyl (C=O) groups excluding carboxylic acids is 1. The molecule has 2 saturated heterocycles. The van der Waals surface area contributed by atoms with Gasteiger partial charge in [0.15, 0.2) is 11.5 Å². The van der Waals surface area contributed by atoms with Gasteiger partial charge in [-0.1, -0.05) is 12.5 Å². The summed E-state index contributed by atoms with van der Waals surface area (Å²) in [4.78, 5) is 13.6. The van der Waals surface area contributed by atoms with Gasteiger partial charge in [0.25, 0.3) is 5.91 Å². The number of benzene rings is 1. The number of sulfonamides is 1. The third kappa shape index (κ3) is 4.37. The summed E-state index contributed by atoms with van der Waals surface area (Å²) in [5, 5.41) is 4.71. The minimum absolute atomic E-state index is 0.107. The molecule has 1 amide bonds. The lowest BCUT2D eigenvalue weighted by atomic mass is 9.74. The van der Waals surface area contributed by atoms with Crippen LogP contribution < -0.4 is 14.8 Å². The molecule has 3 aliphatic rings. The first kappa shape index (κ1) is 22.6. The summed E-state index contributed by atoms with van der Waals surface area (Å²) in [6.07, 6.45) is 4.23. The number of amides is 1. The van der Waals surface area contributed by atoms with Crippen molar-refractivity contribution in [1.29, 1.82) is 0 Å². The highest BCUT2D eigenvalue weighted by molar-refractivity contribution is 7.89. The molecule has 0 aliphatic carbocycles. The maximum atomic E-state index is 13.2. The Balaban J connectivity index is 1.36. The van der Waals surface area contributed by atoms with Crippen LogP contribution in [0.2, 0.25) is 0 Å². The van der Waals surface area contributed by atoms with Crippen LogP contribution in [0.25, 0.3) is 0 Å². The van der Waals surface area contributed by atoms with E-state index < -0.39 is 10.0 Å². The zero-order chi connectivity index (χ0) is 22.9. The van der Waals surface area contributed by atoms with Gasteiger partial charge in [-0.2, -0.15) is 4.31 Å². The molecular formula is C23H28N2O6S2. The molecule has 0 saturated carbocycles. The van der Waals surface area contributed by atoms with Gasteiger partial charge in [0.2, 0.25) is 16.8 Å². The summed E-state index contributed by atoms with van der Waals surface area (Å²) < 4.78 is 44.5. The standard InChI is InChI=1S/C23H28N2O6S2/c26-22(21-20(6-13-32-21)33(27,28)25-9-2-1-3-10-25)24-15-23(7-11-29-12-8-23)17-4-5-18-19(14-17)31-16-30-18/h4-6,13-14H,1-3,7-12,15-16H2,(H,24,26). The smallest absolute Gasteiger partial charge is 0.262 e. The highest BCUT2D eigenvalue weighted by Gasteiger charge is 2.37. The Labute approximate surface area is 197 Å². The second kappa shape index (κ2) is 9.25. The Morgan fingerprint density at radius 2 is 1.82 bits per heavy atom. The van der Waals surface area contributed by atoms with Crippen molar-refractivity contribution in [3.05, 3.63) is 40.1 Å². The van der Waals surface area contributed by atoms with Gasteiger partial charge >= 0.3 is 0 Å². The quantitative estimate of drug-likeness (QED) is 0.666. The van der Waals surface area contributed by atoms with Gasteiger partial charge in [0.1, 0.15) is 9.77 Å². The Morgan fingerprint density at radius 1 is 1.06 bits per heavy atom. The molecule has 0 bridgehead atoms. The van der Waals surface area contributed by atoms with Gasteiger partial charge in [-0.05, 0) is 54.8 Å². The zero-order valence-electron chi connectivity index (χ0n) is 18.4. The molecule has 1 N–H and O–H groups in total.